The topological polar surface area (TPSA) is 20.2 Å². The maximum absolute atomic E-state index is 3.59. The van der Waals surface area contributed by atoms with E-state index in [2.05, 4.69) is 53.2 Å². The van der Waals surface area contributed by atoms with Gasteiger partial charge >= 0.3 is 0 Å². The highest BCUT2D eigenvalue weighted by Gasteiger charge is 2.31. The van der Waals surface area contributed by atoms with Crippen molar-refractivity contribution in [3.63, 3.8) is 0 Å². The van der Waals surface area contributed by atoms with Gasteiger partial charge in [0.05, 0.1) is 0 Å². The smallest absolute Gasteiger partial charge is 0.0331 e. The monoisotopic (exact) mass is 261 g/mol. The van der Waals surface area contributed by atoms with Gasteiger partial charge < -0.3 is 9.88 Å². The predicted molar refractivity (Wildman–Crippen MR) is 79.4 cm³/mol. The highest BCUT2D eigenvalue weighted by molar-refractivity contribution is 4.96. The Labute approximate surface area is 117 Å². The van der Waals surface area contributed by atoms with Crippen LogP contribution in [0.1, 0.15) is 45.6 Å². The number of rotatable bonds is 2. The normalized spacial score (nSPS) is 37.4. The van der Waals surface area contributed by atoms with Crippen molar-refractivity contribution in [3.8, 4) is 0 Å². The summed E-state index contributed by atoms with van der Waals surface area (Å²) in [5.74, 6) is 0. The first-order valence-electron chi connectivity index (χ1n) is 7.85. The Morgan fingerprint density at radius 3 is 2.26 bits per heavy atom. The second-order valence-electron chi connectivity index (χ2n) is 6.45. The molecule has 3 nitrogen and oxygen atoms in total. The van der Waals surface area contributed by atoms with E-state index in [4.69, 9.17) is 0 Å². The van der Waals surface area contributed by atoms with Gasteiger partial charge in [-0.05, 0) is 51.7 Å². The molecule has 0 aromatic carbocycles. The van der Waals surface area contributed by atoms with Crippen LogP contribution in [0.25, 0.3) is 0 Å². The van der Waals surface area contributed by atoms with Crippen molar-refractivity contribution in [3.05, 3.63) is 24.5 Å². The summed E-state index contributed by atoms with van der Waals surface area (Å²) in [6.45, 7) is 7.06. The Morgan fingerprint density at radius 1 is 0.947 bits per heavy atom. The van der Waals surface area contributed by atoms with E-state index in [1.54, 1.807) is 0 Å². The zero-order chi connectivity index (χ0) is 13.2. The second-order valence-corrected chi connectivity index (χ2v) is 6.45. The third-order valence-electron chi connectivity index (χ3n) is 5.00. The summed E-state index contributed by atoms with van der Waals surface area (Å²) >= 11 is 0. The molecule has 0 bridgehead atoms. The maximum Gasteiger partial charge on any atom is 0.0331 e. The summed E-state index contributed by atoms with van der Waals surface area (Å²) in [4.78, 5) is 2.76. The Bertz CT molecular complexity index is 379. The van der Waals surface area contributed by atoms with E-state index in [1.165, 1.54) is 32.2 Å². The van der Waals surface area contributed by atoms with Crippen LogP contribution in [-0.2, 0) is 0 Å². The highest BCUT2D eigenvalue weighted by atomic mass is 15.2. The molecule has 1 aliphatic carbocycles. The van der Waals surface area contributed by atoms with Gasteiger partial charge in [0.25, 0.3) is 0 Å². The van der Waals surface area contributed by atoms with Crippen molar-refractivity contribution < 1.29 is 0 Å². The largest absolute Gasteiger partial charge is 0.351 e. The Morgan fingerprint density at radius 2 is 1.58 bits per heavy atom. The number of hydrogen-bond acceptors (Lipinski definition) is 2. The molecular formula is C16H27N3. The van der Waals surface area contributed by atoms with Gasteiger partial charge in [-0.25, -0.2) is 0 Å². The second kappa shape index (κ2) is 5.68. The molecule has 0 radical (unpaired) electrons. The first-order chi connectivity index (χ1) is 9.24. The Hall–Kier alpha value is -0.800. The van der Waals surface area contributed by atoms with E-state index < -0.39 is 0 Å². The molecule has 1 saturated heterocycles. The summed E-state index contributed by atoms with van der Waals surface area (Å²) in [6.07, 6.45) is 9.84. The first kappa shape index (κ1) is 13.2. The lowest BCUT2D eigenvalue weighted by Gasteiger charge is -2.45. The van der Waals surface area contributed by atoms with E-state index >= 15 is 0 Å². The molecule has 0 amide bonds. The molecule has 1 aromatic heterocycles. The summed E-state index contributed by atoms with van der Waals surface area (Å²) in [7, 11) is 0. The van der Waals surface area contributed by atoms with E-state index in [9.17, 15) is 0 Å². The fraction of sp³-hybridized carbons (Fsp3) is 0.750. The molecule has 2 aliphatic rings. The average Bonchev–Trinajstić information content (AvgIpc) is 2.96. The number of nitrogens with zero attached hydrogens (tertiary/aromatic N) is 2. The van der Waals surface area contributed by atoms with E-state index in [1.807, 2.05) is 0 Å². The molecular weight excluding hydrogens is 234 g/mol. The van der Waals surface area contributed by atoms with Crippen LogP contribution in [0.5, 0.6) is 0 Å². The standard InChI is InChI=1S/C16H27N3/c1-13-12-19(14(2)11-17-13)16-7-5-15(6-8-16)18-9-3-4-10-18/h3-4,9-10,13-17H,5-8,11-12H2,1-2H3/t13-,14+,15?,16?/m0/s1. The van der Waals surface area contributed by atoms with Gasteiger partial charge in [-0.2, -0.15) is 0 Å². The van der Waals surface area contributed by atoms with Crippen molar-refractivity contribution in [2.45, 2.75) is 63.7 Å². The van der Waals surface area contributed by atoms with Crippen LogP contribution < -0.4 is 5.32 Å². The Balaban J connectivity index is 1.57. The van der Waals surface area contributed by atoms with Gasteiger partial charge in [0.15, 0.2) is 0 Å². The van der Waals surface area contributed by atoms with Gasteiger partial charge in [0, 0.05) is 49.7 Å². The molecule has 1 saturated carbocycles. The fourth-order valence-electron chi connectivity index (χ4n) is 3.84. The molecule has 1 aliphatic heterocycles. The number of nitrogens with one attached hydrogen (secondary N) is 1. The molecule has 19 heavy (non-hydrogen) atoms. The molecule has 1 N–H and O–H groups in total. The maximum atomic E-state index is 3.59. The Kier molecular flexibility index (Phi) is 3.94. The predicted octanol–water partition coefficient (Wildman–Crippen LogP) is 2.65. The zero-order valence-electron chi connectivity index (χ0n) is 12.3. The van der Waals surface area contributed by atoms with Gasteiger partial charge in [-0.1, -0.05) is 0 Å². The number of piperazine rings is 1. The minimum Gasteiger partial charge on any atom is -0.351 e. The molecule has 2 atom stereocenters. The van der Waals surface area contributed by atoms with Crippen molar-refractivity contribution in [2.75, 3.05) is 13.1 Å². The van der Waals surface area contributed by atoms with Crippen LogP contribution in [-0.4, -0.2) is 40.7 Å². The average molecular weight is 261 g/mol. The molecule has 2 heterocycles. The van der Waals surface area contributed by atoms with Crippen LogP contribution in [0.4, 0.5) is 0 Å². The van der Waals surface area contributed by atoms with Gasteiger partial charge in [-0.3, -0.25) is 4.90 Å². The minimum absolute atomic E-state index is 0.651. The minimum atomic E-state index is 0.651. The van der Waals surface area contributed by atoms with E-state index in [0.29, 0.717) is 12.1 Å². The van der Waals surface area contributed by atoms with Crippen molar-refractivity contribution in [2.24, 2.45) is 0 Å². The molecule has 0 spiro atoms. The quantitative estimate of drug-likeness (QED) is 0.883. The third kappa shape index (κ3) is 2.87. The molecule has 3 rings (SSSR count). The zero-order valence-corrected chi connectivity index (χ0v) is 12.3. The number of hydrogen-bond donors (Lipinski definition) is 1. The van der Waals surface area contributed by atoms with Crippen molar-refractivity contribution in [1.29, 1.82) is 0 Å². The first-order valence-corrected chi connectivity index (χ1v) is 7.85. The van der Waals surface area contributed by atoms with Crippen LogP contribution in [0.3, 0.4) is 0 Å². The lowest BCUT2D eigenvalue weighted by Crippen LogP contribution is -2.58. The summed E-state index contributed by atoms with van der Waals surface area (Å²) in [5, 5.41) is 3.59. The highest BCUT2D eigenvalue weighted by Crippen LogP contribution is 2.32. The van der Waals surface area contributed by atoms with Gasteiger partial charge in [-0.15, -0.1) is 0 Å². The van der Waals surface area contributed by atoms with Crippen LogP contribution >= 0.6 is 0 Å². The lowest BCUT2D eigenvalue weighted by atomic mass is 9.88. The molecule has 2 fully saturated rings. The summed E-state index contributed by atoms with van der Waals surface area (Å²) in [6, 6.07) is 7.19. The van der Waals surface area contributed by atoms with Crippen LogP contribution in [0.15, 0.2) is 24.5 Å². The molecule has 1 aromatic rings. The van der Waals surface area contributed by atoms with E-state index in [-0.39, 0.29) is 0 Å². The van der Waals surface area contributed by atoms with Gasteiger partial charge in [0.1, 0.15) is 0 Å². The molecule has 0 unspecified atom stereocenters. The summed E-state index contributed by atoms with van der Waals surface area (Å²) in [5.41, 5.74) is 0. The van der Waals surface area contributed by atoms with E-state index in [0.717, 1.165) is 18.6 Å². The summed E-state index contributed by atoms with van der Waals surface area (Å²) < 4.78 is 2.40. The van der Waals surface area contributed by atoms with Crippen LogP contribution in [0, 0.1) is 0 Å². The van der Waals surface area contributed by atoms with Gasteiger partial charge in [0.2, 0.25) is 0 Å². The van der Waals surface area contributed by atoms with Crippen LogP contribution in [0.2, 0.25) is 0 Å². The number of aromatic nitrogens is 1. The lowest BCUT2D eigenvalue weighted by molar-refractivity contribution is 0.0651. The molecule has 3 heteroatoms. The van der Waals surface area contributed by atoms with Crippen molar-refractivity contribution >= 4 is 0 Å². The fourth-order valence-corrected chi connectivity index (χ4v) is 3.84. The SMILES string of the molecule is C[C@@H]1CN[C@@H](C)CN1C1CCC(n2cccc2)CC1. The molecule has 106 valence electrons. The van der Waals surface area contributed by atoms with Crippen molar-refractivity contribution in [1.82, 2.24) is 14.8 Å². The third-order valence-corrected chi connectivity index (χ3v) is 5.00.